The van der Waals surface area contributed by atoms with Crippen molar-refractivity contribution in [2.45, 2.75) is 26.3 Å². The van der Waals surface area contributed by atoms with E-state index in [0.29, 0.717) is 44.0 Å². The third kappa shape index (κ3) is 6.09. The van der Waals surface area contributed by atoms with E-state index >= 15 is 0 Å². The predicted molar refractivity (Wildman–Crippen MR) is 121 cm³/mol. The molecule has 1 aromatic carbocycles. The van der Waals surface area contributed by atoms with E-state index in [1.165, 1.54) is 31.4 Å². The third-order valence-corrected chi connectivity index (χ3v) is 5.78. The van der Waals surface area contributed by atoms with Gasteiger partial charge in [-0.3, -0.25) is 14.5 Å². The van der Waals surface area contributed by atoms with Crippen molar-refractivity contribution >= 4 is 5.91 Å². The van der Waals surface area contributed by atoms with E-state index in [1.54, 1.807) is 17.0 Å². The highest BCUT2D eigenvalue weighted by Crippen LogP contribution is 2.28. The first kappa shape index (κ1) is 25.4. The number of aryl methyl sites for hydroxylation is 1. The molecule has 1 amide bonds. The van der Waals surface area contributed by atoms with Crippen LogP contribution in [0.4, 0.5) is 17.6 Å². The first-order valence-corrected chi connectivity index (χ1v) is 11.2. The van der Waals surface area contributed by atoms with Crippen LogP contribution in [-0.2, 0) is 19.3 Å². The first-order valence-electron chi connectivity index (χ1n) is 11.2. The van der Waals surface area contributed by atoms with Crippen LogP contribution in [0.15, 0.2) is 57.9 Å². The molecule has 0 atom stereocenters. The lowest BCUT2D eigenvalue weighted by Crippen LogP contribution is -2.48. The molecule has 11 heteroatoms. The molecule has 4 rings (SSSR count). The van der Waals surface area contributed by atoms with Crippen LogP contribution in [0.2, 0.25) is 0 Å². The summed E-state index contributed by atoms with van der Waals surface area (Å²) >= 11 is 0. The summed E-state index contributed by atoms with van der Waals surface area (Å²) in [6.45, 7) is 3.43. The number of benzene rings is 1. The predicted octanol–water partition coefficient (Wildman–Crippen LogP) is 4.04. The summed E-state index contributed by atoms with van der Waals surface area (Å²) in [6, 6.07) is 9.16. The maximum absolute atomic E-state index is 13.3. The van der Waals surface area contributed by atoms with Gasteiger partial charge >= 0.3 is 6.18 Å². The van der Waals surface area contributed by atoms with Crippen molar-refractivity contribution in [2.75, 3.05) is 26.2 Å². The average molecular weight is 505 g/mol. The molecule has 190 valence electrons. The quantitative estimate of drug-likeness (QED) is 0.471. The summed E-state index contributed by atoms with van der Waals surface area (Å²) in [5.41, 5.74) is -0.664. The Morgan fingerprint density at radius 2 is 1.86 bits per heavy atom. The zero-order chi connectivity index (χ0) is 25.9. The molecule has 1 fully saturated rings. The number of hydrogen-bond donors (Lipinski definition) is 0. The molecule has 0 N–H and O–H groups in total. The van der Waals surface area contributed by atoms with Gasteiger partial charge < -0.3 is 14.1 Å². The number of rotatable bonds is 6. The third-order valence-electron chi connectivity index (χ3n) is 5.78. The Kier molecular flexibility index (Phi) is 7.39. The Morgan fingerprint density at radius 1 is 1.11 bits per heavy atom. The number of carbonyl (C=O) groups is 1. The fraction of sp³-hybridized carbons (Fsp3) is 0.320. The molecule has 0 radical (unpaired) electrons. The molecule has 7 nitrogen and oxygen atoms in total. The maximum atomic E-state index is 13.3. The van der Waals surface area contributed by atoms with Crippen molar-refractivity contribution in [1.82, 2.24) is 14.8 Å². The minimum absolute atomic E-state index is 0.0129. The Labute approximate surface area is 203 Å². The molecule has 1 saturated heterocycles. The van der Waals surface area contributed by atoms with Gasteiger partial charge in [0.1, 0.15) is 30.1 Å². The molecule has 3 aromatic rings. The lowest BCUT2D eigenvalue weighted by atomic mass is 10.1. The van der Waals surface area contributed by atoms with E-state index in [2.05, 4.69) is 4.98 Å². The fourth-order valence-electron chi connectivity index (χ4n) is 3.86. The summed E-state index contributed by atoms with van der Waals surface area (Å²) in [5.74, 6) is -0.342. The van der Waals surface area contributed by atoms with Crippen molar-refractivity contribution in [3.05, 3.63) is 93.0 Å². The molecule has 36 heavy (non-hydrogen) atoms. The van der Waals surface area contributed by atoms with Crippen LogP contribution in [0, 0.1) is 12.7 Å². The van der Waals surface area contributed by atoms with Crippen LogP contribution in [0.5, 0.6) is 5.75 Å². The van der Waals surface area contributed by atoms with Gasteiger partial charge in [0.15, 0.2) is 0 Å². The van der Waals surface area contributed by atoms with E-state index in [4.69, 9.17) is 9.15 Å². The lowest BCUT2D eigenvalue weighted by Gasteiger charge is -2.34. The van der Waals surface area contributed by atoms with Crippen molar-refractivity contribution in [2.24, 2.45) is 0 Å². The van der Waals surface area contributed by atoms with Gasteiger partial charge in [-0.05, 0) is 36.8 Å². The number of halogens is 4. The minimum atomic E-state index is -4.57. The molecule has 0 saturated carbocycles. The van der Waals surface area contributed by atoms with Crippen LogP contribution in [0.3, 0.4) is 0 Å². The van der Waals surface area contributed by atoms with E-state index in [9.17, 15) is 27.2 Å². The Bertz CT molecular complexity index is 1300. The number of hydrogen-bond acceptors (Lipinski definition) is 6. The second-order valence-corrected chi connectivity index (χ2v) is 8.39. The van der Waals surface area contributed by atoms with E-state index in [1.807, 2.05) is 4.90 Å². The molecule has 3 heterocycles. The van der Waals surface area contributed by atoms with Gasteiger partial charge in [0.25, 0.3) is 5.91 Å². The molecular formula is C25H23F4N3O4. The maximum Gasteiger partial charge on any atom is 0.433 e. The zero-order valence-electron chi connectivity index (χ0n) is 19.3. The van der Waals surface area contributed by atoms with Gasteiger partial charge in [-0.15, -0.1) is 0 Å². The number of piperazine rings is 1. The standard InChI is InChI=1S/C25H23F4N3O4/c1-16-20(5-6-23(30-16)25(27,28)29)24(34)32-9-7-31(8-10-32)13-19-12-21(33)22(15-35-19)36-14-17-3-2-4-18(26)11-17/h2-6,11-12,15H,7-10,13-14H2,1H3. The zero-order valence-corrected chi connectivity index (χ0v) is 19.3. The number of ether oxygens (including phenoxy) is 1. The number of carbonyl (C=O) groups excluding carboxylic acids is 1. The monoisotopic (exact) mass is 505 g/mol. The first-order chi connectivity index (χ1) is 17.1. The van der Waals surface area contributed by atoms with Gasteiger partial charge in [-0.2, -0.15) is 13.2 Å². The summed E-state index contributed by atoms with van der Waals surface area (Å²) in [4.78, 5) is 32.3. The number of aromatic nitrogens is 1. The van der Waals surface area contributed by atoms with Crippen LogP contribution in [-0.4, -0.2) is 46.9 Å². The highest BCUT2D eigenvalue weighted by Gasteiger charge is 2.33. The molecule has 0 bridgehead atoms. The highest BCUT2D eigenvalue weighted by atomic mass is 19.4. The van der Waals surface area contributed by atoms with E-state index in [0.717, 1.165) is 12.1 Å². The SMILES string of the molecule is Cc1nc(C(F)(F)F)ccc1C(=O)N1CCN(Cc2cc(=O)c(OCc3cccc(F)c3)co2)CC1. The Balaban J connectivity index is 1.31. The number of alkyl halides is 3. The van der Waals surface area contributed by atoms with Crippen molar-refractivity contribution < 1.29 is 31.5 Å². The molecular weight excluding hydrogens is 482 g/mol. The van der Waals surface area contributed by atoms with Crippen LogP contribution in [0.1, 0.15) is 33.1 Å². The van der Waals surface area contributed by atoms with Gasteiger partial charge in [0.2, 0.25) is 11.2 Å². The van der Waals surface area contributed by atoms with Crippen molar-refractivity contribution in [3.8, 4) is 5.75 Å². The lowest BCUT2D eigenvalue weighted by molar-refractivity contribution is -0.141. The van der Waals surface area contributed by atoms with Crippen LogP contribution in [0.25, 0.3) is 0 Å². The molecule has 1 aliphatic rings. The van der Waals surface area contributed by atoms with E-state index in [-0.39, 0.29) is 34.9 Å². The topological polar surface area (TPSA) is 75.9 Å². The van der Waals surface area contributed by atoms with Gasteiger partial charge in [0, 0.05) is 32.2 Å². The van der Waals surface area contributed by atoms with Gasteiger partial charge in [-0.1, -0.05) is 12.1 Å². The van der Waals surface area contributed by atoms with Crippen LogP contribution < -0.4 is 10.2 Å². The smallest absolute Gasteiger partial charge is 0.433 e. The molecule has 0 unspecified atom stereocenters. The van der Waals surface area contributed by atoms with Gasteiger partial charge in [0.05, 0.1) is 17.8 Å². The second kappa shape index (κ2) is 10.5. The molecule has 0 spiro atoms. The van der Waals surface area contributed by atoms with Crippen molar-refractivity contribution in [3.63, 3.8) is 0 Å². The Morgan fingerprint density at radius 3 is 2.50 bits per heavy atom. The number of amides is 1. The van der Waals surface area contributed by atoms with E-state index < -0.39 is 17.7 Å². The molecule has 0 aliphatic carbocycles. The number of nitrogens with zero attached hydrogens (tertiary/aromatic N) is 3. The fourth-order valence-corrected chi connectivity index (χ4v) is 3.86. The Hall–Kier alpha value is -3.73. The van der Waals surface area contributed by atoms with Crippen LogP contribution >= 0.6 is 0 Å². The normalized spacial score (nSPS) is 14.6. The molecule has 2 aromatic heterocycles. The number of pyridine rings is 1. The molecule has 1 aliphatic heterocycles. The van der Waals surface area contributed by atoms with Crippen molar-refractivity contribution in [1.29, 1.82) is 0 Å². The summed E-state index contributed by atoms with van der Waals surface area (Å²) in [5, 5.41) is 0. The summed E-state index contributed by atoms with van der Waals surface area (Å²) < 4.78 is 62.8. The van der Waals surface area contributed by atoms with Gasteiger partial charge in [-0.25, -0.2) is 9.37 Å². The average Bonchev–Trinajstić information content (AvgIpc) is 2.83. The summed E-state index contributed by atoms with van der Waals surface area (Å²) in [7, 11) is 0. The summed E-state index contributed by atoms with van der Waals surface area (Å²) in [6.07, 6.45) is -3.35. The highest BCUT2D eigenvalue weighted by molar-refractivity contribution is 5.95. The second-order valence-electron chi connectivity index (χ2n) is 8.39. The largest absolute Gasteiger partial charge is 0.482 e. The minimum Gasteiger partial charge on any atom is -0.482 e.